The van der Waals surface area contributed by atoms with Crippen molar-refractivity contribution in [3.63, 3.8) is 0 Å². The third-order valence-corrected chi connectivity index (χ3v) is 3.42. The normalized spacial score (nSPS) is 18.6. The van der Waals surface area contributed by atoms with Gasteiger partial charge in [0.2, 0.25) is 0 Å². The van der Waals surface area contributed by atoms with E-state index in [9.17, 15) is 5.26 Å². The summed E-state index contributed by atoms with van der Waals surface area (Å²) in [7, 11) is 0. The summed E-state index contributed by atoms with van der Waals surface area (Å²) < 4.78 is 2.90. The van der Waals surface area contributed by atoms with Gasteiger partial charge in [0.1, 0.15) is 5.54 Å². The Morgan fingerprint density at radius 1 is 1.71 bits per heavy atom. The Balaban J connectivity index is 1.77. The van der Waals surface area contributed by atoms with Gasteiger partial charge < -0.3 is 0 Å². The maximum atomic E-state index is 9.22. The fourth-order valence-corrected chi connectivity index (χ4v) is 2.22. The molecule has 1 unspecified atom stereocenters. The van der Waals surface area contributed by atoms with Gasteiger partial charge in [0, 0.05) is 18.8 Å². The van der Waals surface area contributed by atoms with E-state index in [2.05, 4.69) is 32.4 Å². The third-order valence-electron chi connectivity index (χ3n) is 3.01. The molecule has 4 nitrogen and oxygen atoms in total. The van der Waals surface area contributed by atoms with Gasteiger partial charge in [0.15, 0.2) is 0 Å². The summed E-state index contributed by atoms with van der Waals surface area (Å²) in [6.45, 7) is 2.85. The molecule has 1 N–H and O–H groups in total. The van der Waals surface area contributed by atoms with Crippen molar-refractivity contribution in [3.8, 4) is 6.07 Å². The first-order chi connectivity index (χ1) is 8.11. The van der Waals surface area contributed by atoms with Gasteiger partial charge in [-0.1, -0.05) is 0 Å². The van der Waals surface area contributed by atoms with Gasteiger partial charge in [-0.3, -0.25) is 10.00 Å². The number of hydrogen-bond donors (Lipinski definition) is 1. The Labute approximate surface area is 110 Å². The largest absolute Gasteiger partial charge is 0.297 e. The summed E-state index contributed by atoms with van der Waals surface area (Å²) in [5, 5.41) is 16.8. The Morgan fingerprint density at radius 2 is 2.47 bits per heavy atom. The van der Waals surface area contributed by atoms with Crippen LogP contribution in [0.2, 0.25) is 0 Å². The quantitative estimate of drug-likeness (QED) is 0.877. The van der Waals surface area contributed by atoms with Crippen molar-refractivity contribution in [1.82, 2.24) is 15.1 Å². The second-order valence-corrected chi connectivity index (χ2v) is 5.80. The zero-order valence-electron chi connectivity index (χ0n) is 9.99. The second-order valence-electron chi connectivity index (χ2n) is 4.89. The molecule has 92 valence electrons. The average Bonchev–Trinajstić information content (AvgIpc) is 3.00. The highest BCUT2D eigenvalue weighted by molar-refractivity contribution is 9.10. The van der Waals surface area contributed by atoms with Crippen LogP contribution in [0.3, 0.4) is 0 Å². The molecule has 1 aromatic rings. The van der Waals surface area contributed by atoms with Gasteiger partial charge in [-0.25, -0.2) is 0 Å². The van der Waals surface area contributed by atoms with Crippen LogP contribution >= 0.6 is 15.9 Å². The number of aryl methyl sites for hydroxylation is 1. The molecule has 1 aliphatic rings. The predicted octanol–water partition coefficient (Wildman–Crippen LogP) is 2.46. The summed E-state index contributed by atoms with van der Waals surface area (Å²) in [5.41, 5.74) is -0.383. The van der Waals surface area contributed by atoms with E-state index in [1.54, 1.807) is 6.20 Å². The molecule has 1 aliphatic carbocycles. The molecule has 0 aromatic carbocycles. The summed E-state index contributed by atoms with van der Waals surface area (Å²) in [6, 6.07) is 2.96. The van der Waals surface area contributed by atoms with Gasteiger partial charge in [-0.15, -0.1) is 0 Å². The lowest BCUT2D eigenvalue weighted by Crippen LogP contribution is -2.42. The molecular weight excluding hydrogens is 280 g/mol. The molecule has 1 fully saturated rings. The van der Waals surface area contributed by atoms with Crippen molar-refractivity contribution in [1.29, 1.82) is 5.26 Å². The minimum Gasteiger partial charge on any atom is -0.297 e. The molecule has 0 bridgehead atoms. The lowest BCUT2D eigenvalue weighted by molar-refractivity contribution is 0.386. The van der Waals surface area contributed by atoms with E-state index in [0.29, 0.717) is 6.04 Å². The smallest absolute Gasteiger partial charge is 0.104 e. The second kappa shape index (κ2) is 5.19. The zero-order valence-corrected chi connectivity index (χ0v) is 11.6. The van der Waals surface area contributed by atoms with Gasteiger partial charge in [0.05, 0.1) is 16.7 Å². The molecule has 0 radical (unpaired) electrons. The summed E-state index contributed by atoms with van der Waals surface area (Å²) in [6.07, 6.45) is 7.98. The fraction of sp³-hybridized carbons (Fsp3) is 0.667. The number of aromatic nitrogens is 2. The Kier molecular flexibility index (Phi) is 3.85. The number of rotatable bonds is 6. The van der Waals surface area contributed by atoms with E-state index in [-0.39, 0.29) is 5.54 Å². The minimum absolute atomic E-state index is 0.383. The van der Waals surface area contributed by atoms with Crippen LogP contribution in [0.25, 0.3) is 0 Å². The third kappa shape index (κ3) is 3.83. The first-order valence-corrected chi connectivity index (χ1v) is 6.77. The zero-order chi connectivity index (χ0) is 12.3. The van der Waals surface area contributed by atoms with Crippen molar-refractivity contribution in [2.24, 2.45) is 0 Å². The highest BCUT2D eigenvalue weighted by Gasteiger charge is 2.31. The van der Waals surface area contributed by atoms with E-state index in [0.717, 1.165) is 23.9 Å². The molecule has 5 heteroatoms. The predicted molar refractivity (Wildman–Crippen MR) is 69.3 cm³/mol. The molecule has 0 amide bonds. The molecule has 0 spiro atoms. The molecule has 17 heavy (non-hydrogen) atoms. The lowest BCUT2D eigenvalue weighted by Gasteiger charge is -2.23. The van der Waals surface area contributed by atoms with Crippen molar-refractivity contribution >= 4 is 15.9 Å². The number of hydrogen-bond acceptors (Lipinski definition) is 3. The number of nitrogens with zero attached hydrogens (tertiary/aromatic N) is 3. The van der Waals surface area contributed by atoms with Crippen molar-refractivity contribution in [3.05, 3.63) is 16.9 Å². The van der Waals surface area contributed by atoms with Crippen molar-refractivity contribution < 1.29 is 0 Å². The summed E-state index contributed by atoms with van der Waals surface area (Å²) in [4.78, 5) is 0. The highest BCUT2D eigenvalue weighted by atomic mass is 79.9. The van der Waals surface area contributed by atoms with E-state index in [1.165, 1.54) is 12.8 Å². The monoisotopic (exact) mass is 296 g/mol. The Bertz CT molecular complexity index is 418. The van der Waals surface area contributed by atoms with Gasteiger partial charge in [0.25, 0.3) is 0 Å². The molecule has 0 aliphatic heterocycles. The summed E-state index contributed by atoms with van der Waals surface area (Å²) >= 11 is 3.37. The number of nitrogens with one attached hydrogen (secondary N) is 1. The number of halogens is 1. The van der Waals surface area contributed by atoms with Gasteiger partial charge in [-0.05, 0) is 48.5 Å². The Hall–Kier alpha value is -0.860. The maximum Gasteiger partial charge on any atom is 0.104 e. The molecule has 1 atom stereocenters. The maximum absolute atomic E-state index is 9.22. The van der Waals surface area contributed by atoms with Gasteiger partial charge in [-0.2, -0.15) is 10.4 Å². The van der Waals surface area contributed by atoms with E-state index < -0.39 is 0 Å². The lowest BCUT2D eigenvalue weighted by atomic mass is 9.97. The van der Waals surface area contributed by atoms with Crippen LogP contribution in [0.15, 0.2) is 16.9 Å². The van der Waals surface area contributed by atoms with E-state index in [1.807, 2.05) is 17.8 Å². The average molecular weight is 297 g/mol. The molecule has 1 aromatic heterocycles. The first-order valence-electron chi connectivity index (χ1n) is 5.98. The standard InChI is InChI=1S/C12H17BrN4/c1-12(9-14,16-11-3-4-11)5-2-6-17-8-10(13)7-15-17/h7-8,11,16H,2-6H2,1H3. The highest BCUT2D eigenvalue weighted by Crippen LogP contribution is 2.24. The summed E-state index contributed by atoms with van der Waals surface area (Å²) in [5.74, 6) is 0. The van der Waals surface area contributed by atoms with Crippen molar-refractivity contribution in [2.45, 2.75) is 50.7 Å². The number of nitriles is 1. The van der Waals surface area contributed by atoms with Crippen LogP contribution in [0.5, 0.6) is 0 Å². The van der Waals surface area contributed by atoms with Crippen LogP contribution in [-0.4, -0.2) is 21.4 Å². The Morgan fingerprint density at radius 3 is 3.00 bits per heavy atom. The van der Waals surface area contributed by atoms with Crippen LogP contribution in [0.1, 0.15) is 32.6 Å². The molecule has 2 rings (SSSR count). The van der Waals surface area contributed by atoms with Gasteiger partial charge >= 0.3 is 0 Å². The molecule has 1 saturated carbocycles. The SMILES string of the molecule is CC(C#N)(CCCn1cc(Br)cn1)NC1CC1. The fourth-order valence-electron chi connectivity index (χ4n) is 1.89. The first kappa shape index (κ1) is 12.6. The van der Waals surface area contributed by atoms with E-state index >= 15 is 0 Å². The topological polar surface area (TPSA) is 53.6 Å². The van der Waals surface area contributed by atoms with Crippen molar-refractivity contribution in [2.75, 3.05) is 0 Å². The molecule has 1 heterocycles. The van der Waals surface area contributed by atoms with Crippen LogP contribution < -0.4 is 5.32 Å². The van der Waals surface area contributed by atoms with Crippen LogP contribution in [0.4, 0.5) is 0 Å². The molecule has 0 saturated heterocycles. The van der Waals surface area contributed by atoms with E-state index in [4.69, 9.17) is 0 Å². The molecular formula is C12H17BrN4. The minimum atomic E-state index is -0.383. The van der Waals surface area contributed by atoms with Crippen LogP contribution in [0, 0.1) is 11.3 Å². The van der Waals surface area contributed by atoms with Crippen LogP contribution in [-0.2, 0) is 6.54 Å².